The molecule has 3 aromatic carbocycles. The van der Waals surface area contributed by atoms with Gasteiger partial charge in [-0.25, -0.2) is 0 Å². The lowest BCUT2D eigenvalue weighted by atomic mass is 10.1. The number of nitrogens with zero attached hydrogens (tertiary/aromatic N) is 1. The van der Waals surface area contributed by atoms with Crippen LogP contribution in [0.3, 0.4) is 0 Å². The first kappa shape index (κ1) is 25.1. The average Bonchev–Trinajstić information content (AvgIpc) is 2.86. The smallest absolute Gasteiger partial charge is 0.242 e. The highest BCUT2D eigenvalue weighted by Crippen LogP contribution is 2.28. The zero-order valence-electron chi connectivity index (χ0n) is 19.6. The van der Waals surface area contributed by atoms with E-state index in [1.165, 1.54) is 0 Å². The van der Waals surface area contributed by atoms with Gasteiger partial charge in [0.1, 0.15) is 6.04 Å². The van der Waals surface area contributed by atoms with E-state index in [9.17, 15) is 9.59 Å². The van der Waals surface area contributed by atoms with Crippen LogP contribution in [0.15, 0.2) is 72.8 Å². The summed E-state index contributed by atoms with van der Waals surface area (Å²) in [6, 6.07) is 21.6. The zero-order valence-corrected chi connectivity index (χ0v) is 20.3. The Morgan fingerprint density at radius 3 is 2.18 bits per heavy atom. The molecule has 0 unspecified atom stereocenters. The highest BCUT2D eigenvalue weighted by Gasteiger charge is 2.26. The number of hydrogen-bond acceptors (Lipinski definition) is 4. The number of rotatable bonds is 10. The third-order valence-corrected chi connectivity index (χ3v) is 5.80. The average molecular weight is 481 g/mol. The number of halogens is 1. The van der Waals surface area contributed by atoms with Crippen molar-refractivity contribution in [1.82, 2.24) is 10.2 Å². The van der Waals surface area contributed by atoms with Gasteiger partial charge in [0.2, 0.25) is 11.8 Å². The number of carbonyl (C=O) groups is 2. The molecule has 6 nitrogen and oxygen atoms in total. The van der Waals surface area contributed by atoms with Crippen LogP contribution in [-0.4, -0.2) is 37.0 Å². The standard InChI is InChI=1S/C27H29ClN2O4/c1-19(27(32)29-17-20-7-5-4-6-8-20)30(18-21-9-12-23(28)13-10-21)26(31)16-22-11-14-24(33-2)25(15-22)34-3/h4-15,19H,16-18H2,1-3H3,(H,29,32)/t19-/m0/s1. The predicted molar refractivity (Wildman–Crippen MR) is 133 cm³/mol. The minimum Gasteiger partial charge on any atom is -0.493 e. The maximum absolute atomic E-state index is 13.4. The first-order valence-electron chi connectivity index (χ1n) is 11.0. The molecule has 7 heteroatoms. The van der Waals surface area contributed by atoms with Gasteiger partial charge in [0.25, 0.3) is 0 Å². The van der Waals surface area contributed by atoms with E-state index in [0.29, 0.717) is 23.1 Å². The van der Waals surface area contributed by atoms with Crippen LogP contribution in [-0.2, 0) is 29.1 Å². The van der Waals surface area contributed by atoms with Crippen LogP contribution >= 0.6 is 11.6 Å². The summed E-state index contributed by atoms with van der Waals surface area (Å²) in [5, 5.41) is 3.55. The van der Waals surface area contributed by atoms with Gasteiger partial charge in [-0.05, 0) is 47.9 Å². The molecule has 0 radical (unpaired) electrons. The van der Waals surface area contributed by atoms with E-state index in [2.05, 4.69) is 5.32 Å². The quantitative estimate of drug-likeness (QED) is 0.459. The van der Waals surface area contributed by atoms with E-state index >= 15 is 0 Å². The topological polar surface area (TPSA) is 67.9 Å². The Morgan fingerprint density at radius 2 is 1.53 bits per heavy atom. The Hall–Kier alpha value is -3.51. The SMILES string of the molecule is COc1ccc(CC(=O)N(Cc2ccc(Cl)cc2)[C@@H](C)C(=O)NCc2ccccc2)cc1OC. The molecule has 0 fully saturated rings. The van der Waals surface area contributed by atoms with Crippen LogP contribution in [0, 0.1) is 0 Å². The normalized spacial score (nSPS) is 11.4. The zero-order chi connectivity index (χ0) is 24.5. The van der Waals surface area contributed by atoms with Crippen molar-refractivity contribution in [2.45, 2.75) is 32.5 Å². The molecule has 3 aromatic rings. The number of nitrogens with one attached hydrogen (secondary N) is 1. The van der Waals surface area contributed by atoms with Gasteiger partial charge in [-0.15, -0.1) is 0 Å². The second-order valence-electron chi connectivity index (χ2n) is 7.89. The van der Waals surface area contributed by atoms with E-state index in [1.54, 1.807) is 50.3 Å². The van der Waals surface area contributed by atoms with Crippen molar-refractivity contribution in [3.8, 4) is 11.5 Å². The van der Waals surface area contributed by atoms with Gasteiger partial charge >= 0.3 is 0 Å². The number of amides is 2. The molecule has 0 aromatic heterocycles. The molecule has 0 aliphatic carbocycles. The van der Waals surface area contributed by atoms with Crippen molar-refractivity contribution < 1.29 is 19.1 Å². The fourth-order valence-electron chi connectivity index (χ4n) is 3.57. The molecule has 0 saturated heterocycles. The van der Waals surface area contributed by atoms with E-state index < -0.39 is 6.04 Å². The third-order valence-electron chi connectivity index (χ3n) is 5.55. The largest absolute Gasteiger partial charge is 0.493 e. The van der Waals surface area contributed by atoms with E-state index in [4.69, 9.17) is 21.1 Å². The molecule has 0 aliphatic heterocycles. The van der Waals surface area contributed by atoms with Crippen LogP contribution in [0.1, 0.15) is 23.6 Å². The van der Waals surface area contributed by atoms with Gasteiger partial charge in [-0.1, -0.05) is 60.1 Å². The molecular formula is C27H29ClN2O4. The number of carbonyl (C=O) groups excluding carboxylic acids is 2. The fourth-order valence-corrected chi connectivity index (χ4v) is 3.69. The molecule has 0 bridgehead atoms. The molecule has 0 spiro atoms. The summed E-state index contributed by atoms with van der Waals surface area (Å²) in [4.78, 5) is 28.0. The number of methoxy groups -OCH3 is 2. The van der Waals surface area contributed by atoms with Crippen molar-refractivity contribution in [1.29, 1.82) is 0 Å². The summed E-state index contributed by atoms with van der Waals surface area (Å²) in [7, 11) is 3.11. The summed E-state index contributed by atoms with van der Waals surface area (Å²) in [6.07, 6.45) is 0.115. The van der Waals surface area contributed by atoms with Crippen molar-refractivity contribution >= 4 is 23.4 Å². The molecular weight excluding hydrogens is 452 g/mol. The van der Waals surface area contributed by atoms with E-state index in [1.807, 2.05) is 48.5 Å². The van der Waals surface area contributed by atoms with E-state index in [0.717, 1.165) is 16.7 Å². The number of ether oxygens (including phenoxy) is 2. The molecule has 34 heavy (non-hydrogen) atoms. The van der Waals surface area contributed by atoms with Crippen LogP contribution < -0.4 is 14.8 Å². The Morgan fingerprint density at radius 1 is 0.882 bits per heavy atom. The molecule has 0 aliphatic rings. The minimum absolute atomic E-state index is 0.115. The Bertz CT molecular complexity index is 1100. The van der Waals surface area contributed by atoms with Crippen LogP contribution in [0.4, 0.5) is 0 Å². The predicted octanol–water partition coefficient (Wildman–Crippen LogP) is 4.63. The molecule has 1 N–H and O–H groups in total. The van der Waals surface area contributed by atoms with Gasteiger partial charge in [0.05, 0.1) is 20.6 Å². The summed E-state index contributed by atoms with van der Waals surface area (Å²) in [5.41, 5.74) is 2.64. The molecule has 2 amide bonds. The lowest BCUT2D eigenvalue weighted by Crippen LogP contribution is -2.48. The lowest BCUT2D eigenvalue weighted by Gasteiger charge is -2.29. The highest BCUT2D eigenvalue weighted by atomic mass is 35.5. The first-order valence-corrected chi connectivity index (χ1v) is 11.4. The summed E-state index contributed by atoms with van der Waals surface area (Å²) < 4.78 is 10.6. The summed E-state index contributed by atoms with van der Waals surface area (Å²) in [6.45, 7) is 2.41. The summed E-state index contributed by atoms with van der Waals surface area (Å²) >= 11 is 6.02. The van der Waals surface area contributed by atoms with Crippen LogP contribution in [0.5, 0.6) is 11.5 Å². The number of benzene rings is 3. The van der Waals surface area contributed by atoms with Gasteiger partial charge in [0, 0.05) is 18.1 Å². The van der Waals surface area contributed by atoms with E-state index in [-0.39, 0.29) is 24.8 Å². The minimum atomic E-state index is -0.674. The second kappa shape index (κ2) is 12.1. The Balaban J connectivity index is 1.78. The molecule has 178 valence electrons. The lowest BCUT2D eigenvalue weighted by molar-refractivity contribution is -0.140. The Labute approximate surface area is 205 Å². The maximum Gasteiger partial charge on any atom is 0.242 e. The van der Waals surface area contributed by atoms with Crippen molar-refractivity contribution in [3.63, 3.8) is 0 Å². The summed E-state index contributed by atoms with van der Waals surface area (Å²) in [5.74, 6) is 0.735. The second-order valence-corrected chi connectivity index (χ2v) is 8.33. The molecule has 1 atom stereocenters. The van der Waals surface area contributed by atoms with Gasteiger partial charge in [-0.2, -0.15) is 0 Å². The first-order chi connectivity index (χ1) is 16.4. The maximum atomic E-state index is 13.4. The van der Waals surface area contributed by atoms with Gasteiger partial charge in [-0.3, -0.25) is 9.59 Å². The van der Waals surface area contributed by atoms with Crippen molar-refractivity contribution in [2.75, 3.05) is 14.2 Å². The Kier molecular flexibility index (Phi) is 8.93. The van der Waals surface area contributed by atoms with Crippen molar-refractivity contribution in [2.24, 2.45) is 0 Å². The molecule has 3 rings (SSSR count). The third kappa shape index (κ3) is 6.75. The fraction of sp³-hybridized carbons (Fsp3) is 0.259. The number of hydrogen-bond donors (Lipinski definition) is 1. The van der Waals surface area contributed by atoms with Gasteiger partial charge in [0.15, 0.2) is 11.5 Å². The van der Waals surface area contributed by atoms with Crippen LogP contribution in [0.2, 0.25) is 5.02 Å². The highest BCUT2D eigenvalue weighted by molar-refractivity contribution is 6.30. The van der Waals surface area contributed by atoms with Crippen LogP contribution in [0.25, 0.3) is 0 Å². The molecule has 0 heterocycles. The van der Waals surface area contributed by atoms with Crippen molar-refractivity contribution in [3.05, 3.63) is 94.5 Å². The molecule has 0 saturated carbocycles. The monoisotopic (exact) mass is 480 g/mol. The van der Waals surface area contributed by atoms with Gasteiger partial charge < -0.3 is 19.7 Å².